The average molecular weight is 879 g/mol. The van der Waals surface area contributed by atoms with E-state index < -0.39 is 5.41 Å². The smallest absolute Gasteiger partial charge is 0.0702 e. The van der Waals surface area contributed by atoms with Gasteiger partial charge in [0.2, 0.25) is 0 Å². The molecule has 324 valence electrons. The van der Waals surface area contributed by atoms with Crippen molar-refractivity contribution in [1.29, 1.82) is 0 Å². The second kappa shape index (κ2) is 16.7. The van der Waals surface area contributed by atoms with Crippen LogP contribution in [0.3, 0.4) is 0 Å². The van der Waals surface area contributed by atoms with Crippen molar-refractivity contribution in [2.24, 2.45) is 0 Å². The van der Waals surface area contributed by atoms with Gasteiger partial charge in [0.05, 0.1) is 27.5 Å². The van der Waals surface area contributed by atoms with Gasteiger partial charge >= 0.3 is 0 Å². The van der Waals surface area contributed by atoms with Crippen LogP contribution in [0.25, 0.3) is 88.4 Å². The lowest BCUT2D eigenvalue weighted by atomic mass is 9.65. The molecule has 11 aromatic carbocycles. The summed E-state index contributed by atoms with van der Waals surface area (Å²) >= 11 is 0. The minimum Gasteiger partial charge on any atom is -0.309 e. The summed E-state index contributed by atoms with van der Waals surface area (Å²) in [6, 6.07) is 102. The van der Waals surface area contributed by atoms with Crippen LogP contribution in [0.1, 0.15) is 22.3 Å². The van der Waals surface area contributed by atoms with Gasteiger partial charge in [-0.3, -0.25) is 0 Å². The molecule has 0 saturated carbocycles. The molecule has 2 heterocycles. The first-order chi connectivity index (χ1) is 34.2. The van der Waals surface area contributed by atoms with Gasteiger partial charge in [-0.2, -0.15) is 0 Å². The van der Waals surface area contributed by atoms with Gasteiger partial charge in [-0.1, -0.05) is 218 Å². The summed E-state index contributed by atoms with van der Waals surface area (Å²) in [5.41, 5.74) is 18.6. The molecule has 0 atom stereocenters. The number of rotatable bonds is 9. The number of fused-ring (bicyclic) bond motifs is 6. The Morgan fingerprint density at radius 3 is 1.03 bits per heavy atom. The lowest BCUT2D eigenvalue weighted by molar-refractivity contribution is 0.744. The molecule has 2 nitrogen and oxygen atoms in total. The maximum Gasteiger partial charge on any atom is 0.0702 e. The largest absolute Gasteiger partial charge is 0.309 e. The Bertz CT molecular complexity index is 3880. The van der Waals surface area contributed by atoms with Crippen LogP contribution in [0, 0.1) is 0 Å². The highest BCUT2D eigenvalue weighted by Gasteiger charge is 2.38. The molecule has 0 bridgehead atoms. The quantitative estimate of drug-likeness (QED) is 0.128. The Hall–Kier alpha value is -8.98. The Morgan fingerprint density at radius 1 is 0.203 bits per heavy atom. The van der Waals surface area contributed by atoms with Crippen molar-refractivity contribution in [1.82, 2.24) is 9.13 Å². The molecule has 0 amide bonds. The van der Waals surface area contributed by atoms with Gasteiger partial charge in [-0.15, -0.1) is 0 Å². The molecule has 0 radical (unpaired) electrons. The minimum absolute atomic E-state index is 0.544. The molecule has 2 heteroatoms. The molecule has 0 N–H and O–H groups in total. The van der Waals surface area contributed by atoms with Crippen LogP contribution in [0.15, 0.2) is 279 Å². The van der Waals surface area contributed by atoms with Gasteiger partial charge < -0.3 is 9.13 Å². The molecule has 0 saturated heterocycles. The lowest BCUT2D eigenvalue weighted by Crippen LogP contribution is -2.31. The van der Waals surface area contributed by atoms with Crippen LogP contribution in [-0.2, 0) is 5.41 Å². The van der Waals surface area contributed by atoms with E-state index in [0.717, 1.165) is 11.4 Å². The van der Waals surface area contributed by atoms with Crippen LogP contribution >= 0.6 is 0 Å². The fourth-order valence-electron chi connectivity index (χ4n) is 11.1. The van der Waals surface area contributed by atoms with Crippen LogP contribution < -0.4 is 0 Å². The molecular weight excluding hydrogens is 833 g/mol. The van der Waals surface area contributed by atoms with E-state index >= 15 is 0 Å². The van der Waals surface area contributed by atoms with E-state index in [4.69, 9.17) is 0 Å². The van der Waals surface area contributed by atoms with E-state index in [-0.39, 0.29) is 0 Å². The third-order valence-electron chi connectivity index (χ3n) is 14.3. The first kappa shape index (κ1) is 40.3. The number of hydrogen-bond acceptors (Lipinski definition) is 0. The summed E-state index contributed by atoms with van der Waals surface area (Å²) in [5, 5.41) is 4.96. The van der Waals surface area contributed by atoms with Gasteiger partial charge in [0.25, 0.3) is 0 Å². The Labute approximate surface area is 402 Å². The third-order valence-corrected chi connectivity index (χ3v) is 14.3. The third kappa shape index (κ3) is 6.72. The van der Waals surface area contributed by atoms with E-state index in [9.17, 15) is 0 Å². The van der Waals surface area contributed by atoms with Crippen molar-refractivity contribution in [3.8, 4) is 44.8 Å². The van der Waals surface area contributed by atoms with Crippen LogP contribution in [0.2, 0.25) is 0 Å². The summed E-state index contributed by atoms with van der Waals surface area (Å²) in [7, 11) is 0. The zero-order valence-electron chi connectivity index (χ0n) is 38.0. The summed E-state index contributed by atoms with van der Waals surface area (Å²) in [5.74, 6) is 0. The van der Waals surface area contributed by atoms with Crippen molar-refractivity contribution in [2.45, 2.75) is 5.41 Å². The van der Waals surface area contributed by atoms with Crippen LogP contribution in [0.4, 0.5) is 0 Å². The monoisotopic (exact) mass is 878 g/mol. The average Bonchev–Trinajstić information content (AvgIpc) is 3.95. The summed E-state index contributed by atoms with van der Waals surface area (Å²) < 4.78 is 4.85. The number of hydrogen-bond donors (Lipinski definition) is 0. The zero-order valence-corrected chi connectivity index (χ0v) is 38.0. The standard InChI is InChI=1S/C67H46N2/c1-5-19-47(20-6-1)50-21-17-29-57(43-50)68-63-33-15-13-31-59(63)61-44-51(39-41-65(61)68)48-35-37-49(38-36-48)52-40-42-66-62(45-52)60-32-14-16-34-64(60)69(66)58-30-18-28-56(46-58)67(53-22-7-2-8-23-53,54-24-9-3-10-25-54)55-26-11-4-12-27-55/h1-46H. The summed E-state index contributed by atoms with van der Waals surface area (Å²) in [4.78, 5) is 0. The first-order valence-corrected chi connectivity index (χ1v) is 23.8. The number of para-hydroxylation sites is 2. The maximum absolute atomic E-state index is 2.44. The number of benzene rings is 11. The molecule has 0 aliphatic rings. The highest BCUT2D eigenvalue weighted by atomic mass is 15.0. The fourth-order valence-corrected chi connectivity index (χ4v) is 11.1. The highest BCUT2D eigenvalue weighted by molar-refractivity contribution is 6.12. The van der Waals surface area contributed by atoms with Crippen LogP contribution in [-0.4, -0.2) is 9.13 Å². The summed E-state index contributed by atoms with van der Waals surface area (Å²) in [6.45, 7) is 0. The van der Waals surface area contributed by atoms with Gasteiger partial charge in [-0.25, -0.2) is 0 Å². The predicted molar refractivity (Wildman–Crippen MR) is 290 cm³/mol. The molecule has 69 heavy (non-hydrogen) atoms. The normalized spacial score (nSPS) is 11.8. The van der Waals surface area contributed by atoms with Gasteiger partial charge in [0.1, 0.15) is 0 Å². The fraction of sp³-hybridized carbons (Fsp3) is 0.0149. The summed E-state index contributed by atoms with van der Waals surface area (Å²) in [6.07, 6.45) is 0. The molecule has 13 rings (SSSR count). The van der Waals surface area contributed by atoms with Crippen molar-refractivity contribution in [3.63, 3.8) is 0 Å². The number of nitrogens with zero attached hydrogens (tertiary/aromatic N) is 2. The maximum atomic E-state index is 2.44. The zero-order chi connectivity index (χ0) is 45.7. The minimum atomic E-state index is -0.544. The van der Waals surface area contributed by atoms with Crippen molar-refractivity contribution in [2.75, 3.05) is 0 Å². The molecule has 13 aromatic rings. The SMILES string of the molecule is c1ccc(-c2cccc(-n3c4ccccc4c4cc(-c5ccc(-c6ccc7c(c6)c6ccccc6n7-c6cccc(C(c7ccccc7)(c7ccccc7)c7ccccc7)c6)cc5)ccc43)c2)cc1. The van der Waals surface area contributed by atoms with Gasteiger partial charge in [0, 0.05) is 32.9 Å². The molecule has 0 fully saturated rings. The first-order valence-electron chi connectivity index (χ1n) is 23.8. The molecule has 0 aliphatic carbocycles. The van der Waals surface area contributed by atoms with Crippen molar-refractivity contribution >= 4 is 43.6 Å². The Morgan fingerprint density at radius 2 is 0.536 bits per heavy atom. The van der Waals surface area contributed by atoms with E-state index in [2.05, 4.69) is 288 Å². The van der Waals surface area contributed by atoms with E-state index in [1.807, 2.05) is 0 Å². The molecule has 2 aromatic heterocycles. The predicted octanol–water partition coefficient (Wildman–Crippen LogP) is 17.3. The molecule has 0 spiro atoms. The van der Waals surface area contributed by atoms with Crippen molar-refractivity contribution < 1.29 is 0 Å². The van der Waals surface area contributed by atoms with Gasteiger partial charge in [0.15, 0.2) is 0 Å². The highest BCUT2D eigenvalue weighted by Crippen LogP contribution is 2.46. The van der Waals surface area contributed by atoms with Gasteiger partial charge in [-0.05, 0) is 116 Å². The topological polar surface area (TPSA) is 9.86 Å². The molecule has 0 aliphatic heterocycles. The Kier molecular flexibility index (Phi) is 9.77. The van der Waals surface area contributed by atoms with E-state index in [0.29, 0.717) is 0 Å². The molecular formula is C67H46N2. The second-order valence-corrected chi connectivity index (χ2v) is 18.1. The van der Waals surface area contributed by atoms with Crippen molar-refractivity contribution in [3.05, 3.63) is 301 Å². The van der Waals surface area contributed by atoms with E-state index in [1.54, 1.807) is 0 Å². The lowest BCUT2D eigenvalue weighted by Gasteiger charge is -2.37. The molecule has 0 unspecified atom stereocenters. The second-order valence-electron chi connectivity index (χ2n) is 18.1. The number of aromatic nitrogens is 2. The van der Waals surface area contributed by atoms with E-state index in [1.165, 1.54) is 99.2 Å². The Balaban J connectivity index is 0.882. The van der Waals surface area contributed by atoms with Crippen LogP contribution in [0.5, 0.6) is 0 Å².